The Bertz CT molecular complexity index is 333. The zero-order valence-electron chi connectivity index (χ0n) is 11.3. The Morgan fingerprint density at radius 1 is 1.44 bits per heavy atom. The summed E-state index contributed by atoms with van der Waals surface area (Å²) in [5, 5.41) is 4.65. The summed E-state index contributed by atoms with van der Waals surface area (Å²) in [5.41, 5.74) is 0. The van der Waals surface area contributed by atoms with E-state index in [1.54, 1.807) is 11.8 Å². The Balaban J connectivity index is 2.09. The molecule has 4 heteroatoms. The molecule has 18 heavy (non-hydrogen) atoms. The van der Waals surface area contributed by atoms with Crippen molar-refractivity contribution in [3.8, 4) is 0 Å². The molecule has 1 unspecified atom stereocenters. The third-order valence-corrected chi connectivity index (χ3v) is 4.71. The lowest BCUT2D eigenvalue weighted by atomic mass is 10.1. The van der Waals surface area contributed by atoms with E-state index >= 15 is 0 Å². The predicted molar refractivity (Wildman–Crippen MR) is 84.3 cm³/mol. The van der Waals surface area contributed by atoms with Crippen LogP contribution in [0.2, 0.25) is 0 Å². The maximum Gasteiger partial charge on any atom is 0.110 e. The Hall–Kier alpha value is -0.0600. The maximum atomic E-state index is 4.34. The van der Waals surface area contributed by atoms with Gasteiger partial charge in [0.05, 0.1) is 0 Å². The van der Waals surface area contributed by atoms with Crippen molar-refractivity contribution in [3.05, 3.63) is 22.8 Å². The lowest BCUT2D eigenvalue weighted by molar-refractivity contribution is 0.502. The summed E-state index contributed by atoms with van der Waals surface area (Å²) in [6.45, 7) is 5.57. The van der Waals surface area contributed by atoms with Gasteiger partial charge >= 0.3 is 0 Å². The first-order valence-corrected chi connectivity index (χ1v) is 8.48. The van der Waals surface area contributed by atoms with Gasteiger partial charge in [-0.3, -0.25) is 0 Å². The topological polar surface area (TPSA) is 24.9 Å². The van der Waals surface area contributed by atoms with Crippen molar-refractivity contribution in [3.63, 3.8) is 0 Å². The molecular weight excluding hydrogens is 308 g/mol. The monoisotopic (exact) mass is 330 g/mol. The molecule has 1 heterocycles. The number of aromatic nitrogens is 1. The molecule has 0 aromatic carbocycles. The van der Waals surface area contributed by atoms with Gasteiger partial charge in [-0.25, -0.2) is 4.98 Å². The van der Waals surface area contributed by atoms with Gasteiger partial charge in [0, 0.05) is 29.0 Å². The van der Waals surface area contributed by atoms with Crippen LogP contribution < -0.4 is 5.32 Å². The van der Waals surface area contributed by atoms with Crippen LogP contribution in [0.25, 0.3) is 0 Å². The molecule has 0 aliphatic carbocycles. The SMILES string of the molecule is CCCCCC(C)NCCSc1ncccc1Br. The van der Waals surface area contributed by atoms with Crippen LogP contribution in [0, 0.1) is 0 Å². The van der Waals surface area contributed by atoms with Crippen LogP contribution in [0.15, 0.2) is 27.8 Å². The van der Waals surface area contributed by atoms with Crippen LogP contribution in [0.3, 0.4) is 0 Å². The smallest absolute Gasteiger partial charge is 0.110 e. The highest BCUT2D eigenvalue weighted by atomic mass is 79.9. The molecule has 0 bridgehead atoms. The molecule has 0 fully saturated rings. The van der Waals surface area contributed by atoms with E-state index in [0.717, 1.165) is 21.8 Å². The summed E-state index contributed by atoms with van der Waals surface area (Å²) < 4.78 is 1.09. The van der Waals surface area contributed by atoms with Crippen molar-refractivity contribution < 1.29 is 0 Å². The lowest BCUT2D eigenvalue weighted by Gasteiger charge is -2.13. The number of hydrogen-bond donors (Lipinski definition) is 1. The standard InChI is InChI=1S/C14H23BrN2S/c1-3-4-5-7-12(2)16-10-11-18-14-13(15)8-6-9-17-14/h6,8-9,12,16H,3-5,7,10-11H2,1-2H3. The van der Waals surface area contributed by atoms with Crippen LogP contribution in [-0.4, -0.2) is 23.3 Å². The molecule has 1 aromatic rings. The van der Waals surface area contributed by atoms with Gasteiger partial charge in [-0.15, -0.1) is 11.8 Å². The molecule has 1 atom stereocenters. The zero-order valence-corrected chi connectivity index (χ0v) is 13.7. The molecular formula is C14H23BrN2S. The molecule has 0 radical (unpaired) electrons. The van der Waals surface area contributed by atoms with Gasteiger partial charge in [0.2, 0.25) is 0 Å². The molecule has 0 amide bonds. The van der Waals surface area contributed by atoms with E-state index in [4.69, 9.17) is 0 Å². The first-order chi connectivity index (χ1) is 8.74. The molecule has 102 valence electrons. The number of thioether (sulfide) groups is 1. The molecule has 0 spiro atoms. The summed E-state index contributed by atoms with van der Waals surface area (Å²) in [6, 6.07) is 4.61. The van der Waals surface area contributed by atoms with Gasteiger partial charge in [0.1, 0.15) is 5.03 Å². The Morgan fingerprint density at radius 2 is 2.28 bits per heavy atom. The quantitative estimate of drug-likeness (QED) is 0.533. The maximum absolute atomic E-state index is 4.34. The minimum atomic E-state index is 0.629. The minimum Gasteiger partial charge on any atom is -0.313 e. The number of pyridine rings is 1. The predicted octanol–water partition coefficient (Wildman–Crippen LogP) is 4.49. The molecule has 1 aromatic heterocycles. The molecule has 1 rings (SSSR count). The lowest BCUT2D eigenvalue weighted by Crippen LogP contribution is -2.28. The largest absolute Gasteiger partial charge is 0.313 e. The van der Waals surface area contributed by atoms with Crippen molar-refractivity contribution in [1.82, 2.24) is 10.3 Å². The van der Waals surface area contributed by atoms with E-state index in [9.17, 15) is 0 Å². The third kappa shape index (κ3) is 6.76. The second kappa shape index (κ2) is 9.82. The van der Waals surface area contributed by atoms with Crippen molar-refractivity contribution in [1.29, 1.82) is 0 Å². The zero-order chi connectivity index (χ0) is 13.2. The van der Waals surface area contributed by atoms with Crippen molar-refractivity contribution in [2.24, 2.45) is 0 Å². The number of halogens is 1. The van der Waals surface area contributed by atoms with E-state index in [0.29, 0.717) is 6.04 Å². The number of nitrogens with zero attached hydrogens (tertiary/aromatic N) is 1. The van der Waals surface area contributed by atoms with Gasteiger partial charge in [-0.2, -0.15) is 0 Å². The summed E-state index contributed by atoms with van der Waals surface area (Å²) in [6.07, 6.45) is 7.11. The van der Waals surface area contributed by atoms with Gasteiger partial charge in [0.25, 0.3) is 0 Å². The first-order valence-electron chi connectivity index (χ1n) is 6.70. The van der Waals surface area contributed by atoms with E-state index in [-0.39, 0.29) is 0 Å². The van der Waals surface area contributed by atoms with Crippen molar-refractivity contribution >= 4 is 27.7 Å². The number of nitrogens with one attached hydrogen (secondary N) is 1. The normalized spacial score (nSPS) is 12.6. The number of rotatable bonds is 9. The Labute approximate surface area is 123 Å². The van der Waals surface area contributed by atoms with Crippen molar-refractivity contribution in [2.45, 2.75) is 50.6 Å². The highest BCUT2D eigenvalue weighted by molar-refractivity contribution is 9.10. The highest BCUT2D eigenvalue weighted by Crippen LogP contribution is 2.23. The summed E-state index contributed by atoms with van der Waals surface area (Å²) in [5.74, 6) is 1.06. The van der Waals surface area contributed by atoms with Gasteiger partial charge < -0.3 is 5.32 Å². The van der Waals surface area contributed by atoms with Crippen LogP contribution in [0.5, 0.6) is 0 Å². The second-order valence-electron chi connectivity index (χ2n) is 4.49. The van der Waals surface area contributed by atoms with E-state index in [1.807, 2.05) is 18.3 Å². The fraction of sp³-hybridized carbons (Fsp3) is 0.643. The fourth-order valence-electron chi connectivity index (χ4n) is 1.73. The van der Waals surface area contributed by atoms with Gasteiger partial charge in [0.15, 0.2) is 0 Å². The third-order valence-electron chi connectivity index (χ3n) is 2.80. The van der Waals surface area contributed by atoms with Crippen LogP contribution >= 0.6 is 27.7 Å². The first kappa shape index (κ1) is 16.0. The van der Waals surface area contributed by atoms with Crippen LogP contribution in [0.4, 0.5) is 0 Å². The average molecular weight is 331 g/mol. The Kier molecular flexibility index (Phi) is 8.72. The summed E-state index contributed by atoms with van der Waals surface area (Å²) >= 11 is 5.31. The Morgan fingerprint density at radius 3 is 3.00 bits per heavy atom. The number of unbranched alkanes of at least 4 members (excludes halogenated alkanes) is 2. The molecule has 2 nitrogen and oxygen atoms in total. The molecule has 1 N–H and O–H groups in total. The van der Waals surface area contributed by atoms with Crippen LogP contribution in [0.1, 0.15) is 39.5 Å². The minimum absolute atomic E-state index is 0.629. The fourth-order valence-corrected chi connectivity index (χ4v) is 3.09. The van der Waals surface area contributed by atoms with Gasteiger partial charge in [-0.05, 0) is 41.4 Å². The summed E-state index contributed by atoms with van der Waals surface area (Å²) in [7, 11) is 0. The summed E-state index contributed by atoms with van der Waals surface area (Å²) in [4.78, 5) is 4.34. The molecule has 0 saturated carbocycles. The molecule has 0 aliphatic rings. The highest BCUT2D eigenvalue weighted by Gasteiger charge is 2.03. The molecule has 0 aliphatic heterocycles. The number of hydrogen-bond acceptors (Lipinski definition) is 3. The average Bonchev–Trinajstić information content (AvgIpc) is 2.37. The second-order valence-corrected chi connectivity index (χ2v) is 6.43. The molecule has 0 saturated heterocycles. The van der Waals surface area contributed by atoms with E-state index in [1.165, 1.54) is 25.7 Å². The van der Waals surface area contributed by atoms with Gasteiger partial charge in [-0.1, -0.05) is 26.2 Å². The van der Waals surface area contributed by atoms with Crippen molar-refractivity contribution in [2.75, 3.05) is 12.3 Å². The van der Waals surface area contributed by atoms with E-state index < -0.39 is 0 Å². The van der Waals surface area contributed by atoms with Crippen LogP contribution in [-0.2, 0) is 0 Å². The van der Waals surface area contributed by atoms with E-state index in [2.05, 4.69) is 40.1 Å².